The quantitative estimate of drug-likeness (QED) is 0.880. The standard InChI is InChI=1S/C12H8Cl3N3O/c13-8-3-1-2-7(4-8)5-9(19)18-12-10(14)11(15)16-6-17-12/h1-4,6H,5H2,(H,16,17,18,19). The van der Waals surface area contributed by atoms with Crippen LogP contribution < -0.4 is 5.32 Å². The Balaban J connectivity index is 2.08. The molecule has 0 aliphatic heterocycles. The third-order valence-electron chi connectivity index (χ3n) is 2.26. The van der Waals surface area contributed by atoms with E-state index in [0.29, 0.717) is 5.02 Å². The first-order valence-corrected chi connectivity index (χ1v) is 6.40. The Morgan fingerprint density at radius 2 is 2.00 bits per heavy atom. The number of halogens is 3. The van der Waals surface area contributed by atoms with Gasteiger partial charge in [0, 0.05) is 5.02 Å². The van der Waals surface area contributed by atoms with Gasteiger partial charge >= 0.3 is 0 Å². The summed E-state index contributed by atoms with van der Waals surface area (Å²) in [6.45, 7) is 0. The maximum atomic E-state index is 11.8. The van der Waals surface area contributed by atoms with Gasteiger partial charge in [-0.1, -0.05) is 46.9 Å². The highest BCUT2D eigenvalue weighted by molar-refractivity contribution is 6.42. The smallest absolute Gasteiger partial charge is 0.229 e. The average molecular weight is 317 g/mol. The van der Waals surface area contributed by atoms with E-state index in [-0.39, 0.29) is 28.3 Å². The minimum atomic E-state index is -0.265. The minimum absolute atomic E-state index is 0.0923. The zero-order valence-corrected chi connectivity index (χ0v) is 11.8. The number of rotatable bonds is 3. The predicted molar refractivity (Wildman–Crippen MR) is 75.8 cm³/mol. The summed E-state index contributed by atoms with van der Waals surface area (Å²) in [7, 11) is 0. The molecule has 0 bridgehead atoms. The molecule has 2 aromatic rings. The molecule has 98 valence electrons. The average Bonchev–Trinajstić information content (AvgIpc) is 2.35. The second-order valence-corrected chi connectivity index (χ2v) is 4.85. The van der Waals surface area contributed by atoms with Crippen LogP contribution in [-0.4, -0.2) is 15.9 Å². The minimum Gasteiger partial charge on any atom is -0.309 e. The van der Waals surface area contributed by atoms with Gasteiger partial charge in [-0.25, -0.2) is 9.97 Å². The van der Waals surface area contributed by atoms with E-state index in [0.717, 1.165) is 5.56 Å². The molecule has 1 aromatic heterocycles. The lowest BCUT2D eigenvalue weighted by Gasteiger charge is -2.06. The molecule has 0 aliphatic carbocycles. The number of carbonyl (C=O) groups excluding carboxylic acids is 1. The van der Waals surface area contributed by atoms with Crippen LogP contribution in [0.2, 0.25) is 15.2 Å². The van der Waals surface area contributed by atoms with Crippen LogP contribution in [0.1, 0.15) is 5.56 Å². The van der Waals surface area contributed by atoms with Crippen LogP contribution in [0.4, 0.5) is 5.82 Å². The number of nitrogens with zero attached hydrogens (tertiary/aromatic N) is 2. The second kappa shape index (κ2) is 6.19. The predicted octanol–water partition coefficient (Wildman–Crippen LogP) is 3.62. The van der Waals surface area contributed by atoms with E-state index in [9.17, 15) is 4.79 Å². The molecule has 0 atom stereocenters. The summed E-state index contributed by atoms with van der Waals surface area (Å²) in [6.07, 6.45) is 1.39. The Hall–Kier alpha value is -1.36. The number of benzene rings is 1. The monoisotopic (exact) mass is 315 g/mol. The fraction of sp³-hybridized carbons (Fsp3) is 0.0833. The molecular weight excluding hydrogens is 309 g/mol. The van der Waals surface area contributed by atoms with Crippen LogP contribution in [0.5, 0.6) is 0 Å². The summed E-state index contributed by atoms with van der Waals surface area (Å²) in [5, 5.41) is 3.35. The molecule has 1 amide bonds. The molecule has 0 aliphatic rings. The molecule has 1 N–H and O–H groups in total. The largest absolute Gasteiger partial charge is 0.309 e. The number of amides is 1. The van der Waals surface area contributed by atoms with Crippen molar-refractivity contribution in [1.82, 2.24) is 9.97 Å². The molecule has 1 aromatic carbocycles. The third-order valence-corrected chi connectivity index (χ3v) is 3.23. The number of hydrogen-bond acceptors (Lipinski definition) is 3. The first kappa shape index (κ1) is 14.1. The molecule has 0 spiro atoms. The van der Waals surface area contributed by atoms with Crippen molar-refractivity contribution in [2.45, 2.75) is 6.42 Å². The van der Waals surface area contributed by atoms with Crippen molar-refractivity contribution < 1.29 is 4.79 Å². The molecular formula is C12H8Cl3N3O. The lowest BCUT2D eigenvalue weighted by Crippen LogP contribution is -2.15. The van der Waals surface area contributed by atoms with Gasteiger partial charge in [0.05, 0.1) is 6.42 Å². The number of hydrogen-bond donors (Lipinski definition) is 1. The van der Waals surface area contributed by atoms with Gasteiger partial charge in [0.1, 0.15) is 11.3 Å². The Labute approximate surface area is 124 Å². The molecule has 0 saturated carbocycles. The van der Waals surface area contributed by atoms with E-state index in [1.807, 2.05) is 0 Å². The van der Waals surface area contributed by atoms with Gasteiger partial charge in [-0.2, -0.15) is 0 Å². The van der Waals surface area contributed by atoms with Crippen LogP contribution in [0, 0.1) is 0 Å². The molecule has 0 unspecified atom stereocenters. The SMILES string of the molecule is O=C(Cc1cccc(Cl)c1)Nc1ncnc(Cl)c1Cl. The van der Waals surface area contributed by atoms with Crippen LogP contribution >= 0.6 is 34.8 Å². The van der Waals surface area contributed by atoms with Crippen LogP contribution in [-0.2, 0) is 11.2 Å². The highest BCUT2D eigenvalue weighted by atomic mass is 35.5. The first-order valence-electron chi connectivity index (χ1n) is 5.26. The Bertz CT molecular complexity index is 619. The van der Waals surface area contributed by atoms with Crippen LogP contribution in [0.3, 0.4) is 0 Å². The topological polar surface area (TPSA) is 54.9 Å². The number of anilines is 1. The van der Waals surface area contributed by atoms with Gasteiger partial charge < -0.3 is 5.32 Å². The lowest BCUT2D eigenvalue weighted by atomic mass is 10.1. The normalized spacial score (nSPS) is 10.3. The van der Waals surface area contributed by atoms with Crippen molar-refractivity contribution in [3.05, 3.63) is 51.4 Å². The first-order chi connectivity index (χ1) is 9.06. The van der Waals surface area contributed by atoms with Crippen LogP contribution in [0.15, 0.2) is 30.6 Å². The molecule has 0 saturated heterocycles. The summed E-state index contributed by atoms with van der Waals surface area (Å²) >= 11 is 17.4. The van der Waals surface area contributed by atoms with Gasteiger partial charge in [-0.15, -0.1) is 0 Å². The number of nitrogens with one attached hydrogen (secondary N) is 1. The van der Waals surface area contributed by atoms with E-state index in [1.54, 1.807) is 24.3 Å². The summed E-state index contributed by atoms with van der Waals surface area (Å²) in [6, 6.07) is 7.04. The van der Waals surface area contributed by atoms with E-state index >= 15 is 0 Å². The molecule has 0 fully saturated rings. The summed E-state index contributed by atoms with van der Waals surface area (Å²) in [5.74, 6) is -0.0763. The Kier molecular flexibility index (Phi) is 4.58. The van der Waals surface area contributed by atoms with Crippen molar-refractivity contribution in [1.29, 1.82) is 0 Å². The molecule has 1 heterocycles. The van der Waals surface area contributed by atoms with Crippen molar-refractivity contribution in [3.8, 4) is 0 Å². The van der Waals surface area contributed by atoms with Gasteiger partial charge in [0.15, 0.2) is 11.0 Å². The van der Waals surface area contributed by atoms with Gasteiger partial charge in [0.25, 0.3) is 0 Å². The highest BCUT2D eigenvalue weighted by Gasteiger charge is 2.11. The Morgan fingerprint density at radius 3 is 2.74 bits per heavy atom. The van der Waals surface area contributed by atoms with Crippen LogP contribution in [0.25, 0.3) is 0 Å². The van der Waals surface area contributed by atoms with E-state index in [1.165, 1.54) is 6.33 Å². The third kappa shape index (κ3) is 3.80. The lowest BCUT2D eigenvalue weighted by molar-refractivity contribution is -0.115. The van der Waals surface area contributed by atoms with Crippen molar-refractivity contribution in [2.75, 3.05) is 5.32 Å². The zero-order valence-electron chi connectivity index (χ0n) is 9.53. The molecule has 0 radical (unpaired) electrons. The maximum Gasteiger partial charge on any atom is 0.229 e. The van der Waals surface area contributed by atoms with E-state index in [4.69, 9.17) is 34.8 Å². The van der Waals surface area contributed by atoms with E-state index < -0.39 is 0 Å². The Morgan fingerprint density at radius 1 is 1.21 bits per heavy atom. The van der Waals surface area contributed by atoms with E-state index in [2.05, 4.69) is 15.3 Å². The molecule has 7 heteroatoms. The van der Waals surface area contributed by atoms with Gasteiger partial charge in [0.2, 0.25) is 5.91 Å². The highest BCUT2D eigenvalue weighted by Crippen LogP contribution is 2.25. The summed E-state index contributed by atoms with van der Waals surface area (Å²) < 4.78 is 0. The second-order valence-electron chi connectivity index (χ2n) is 3.68. The molecule has 19 heavy (non-hydrogen) atoms. The molecule has 4 nitrogen and oxygen atoms in total. The zero-order chi connectivity index (χ0) is 13.8. The fourth-order valence-corrected chi connectivity index (χ4v) is 1.93. The number of aromatic nitrogens is 2. The van der Waals surface area contributed by atoms with Crippen molar-refractivity contribution in [2.24, 2.45) is 0 Å². The van der Waals surface area contributed by atoms with Crippen molar-refractivity contribution in [3.63, 3.8) is 0 Å². The summed E-state index contributed by atoms with van der Waals surface area (Å²) in [5.41, 5.74) is 0.793. The number of carbonyl (C=O) groups is 1. The van der Waals surface area contributed by atoms with Gasteiger partial charge in [-0.3, -0.25) is 4.79 Å². The van der Waals surface area contributed by atoms with Crippen molar-refractivity contribution >= 4 is 46.5 Å². The summed E-state index contributed by atoms with van der Waals surface area (Å²) in [4.78, 5) is 19.4. The molecule has 2 rings (SSSR count). The maximum absolute atomic E-state index is 11.8. The fourth-order valence-electron chi connectivity index (χ4n) is 1.44. The van der Waals surface area contributed by atoms with Gasteiger partial charge in [-0.05, 0) is 17.7 Å².